The molecule has 0 atom stereocenters. The van der Waals surface area contributed by atoms with E-state index in [0.717, 1.165) is 19.5 Å². The molecule has 0 heterocycles. The van der Waals surface area contributed by atoms with Crippen LogP contribution in [0.25, 0.3) is 0 Å². The zero-order chi connectivity index (χ0) is 7.11. The van der Waals surface area contributed by atoms with E-state index in [9.17, 15) is 0 Å². The fraction of sp³-hybridized carbons (Fsp3) is 0.714. The Labute approximate surface area is 57.3 Å². The van der Waals surface area contributed by atoms with Crippen molar-refractivity contribution in [2.75, 3.05) is 27.2 Å². The Morgan fingerprint density at radius 1 is 1.33 bits per heavy atom. The number of likely N-dealkylation sites (N-methyl/N-ethyl adjacent to an activating group) is 1. The molecule has 0 bridgehead atoms. The van der Waals surface area contributed by atoms with Gasteiger partial charge in [0.1, 0.15) is 0 Å². The second-order valence-electron chi connectivity index (χ2n) is 2.31. The predicted octanol–water partition coefficient (Wildman–Crippen LogP) is 0.453. The fourth-order valence-electron chi connectivity index (χ4n) is 0.499. The van der Waals surface area contributed by atoms with Crippen LogP contribution in [0.3, 0.4) is 0 Å². The monoisotopic (exact) mass is 128 g/mol. The molecule has 0 fully saturated rings. The summed E-state index contributed by atoms with van der Waals surface area (Å²) in [5, 5.41) is 0. The summed E-state index contributed by atoms with van der Waals surface area (Å²) in [6.45, 7) is 1.77. The Balaban J connectivity index is 3.04. The van der Waals surface area contributed by atoms with E-state index >= 15 is 0 Å². The number of nitrogens with zero attached hydrogens (tertiary/aromatic N) is 1. The Bertz CT molecular complexity index is 77.0. The van der Waals surface area contributed by atoms with E-state index < -0.39 is 0 Å². The lowest BCUT2D eigenvalue weighted by Gasteiger charge is -2.02. The van der Waals surface area contributed by atoms with Gasteiger partial charge < -0.3 is 10.6 Å². The number of nitrogens with two attached hydrogens (primary N) is 1. The Morgan fingerprint density at radius 2 is 2.00 bits per heavy atom. The van der Waals surface area contributed by atoms with Crippen molar-refractivity contribution in [2.45, 2.75) is 6.42 Å². The third kappa shape index (κ3) is 7.66. The average Bonchev–Trinajstić information content (AvgIpc) is 1.80. The van der Waals surface area contributed by atoms with Crippen LogP contribution in [0.1, 0.15) is 6.42 Å². The average molecular weight is 128 g/mol. The first-order valence-electron chi connectivity index (χ1n) is 3.27. The zero-order valence-electron chi connectivity index (χ0n) is 6.30. The second kappa shape index (κ2) is 5.79. The summed E-state index contributed by atoms with van der Waals surface area (Å²) < 4.78 is 0. The molecular formula is C7H16N2. The van der Waals surface area contributed by atoms with Gasteiger partial charge in [-0.1, -0.05) is 12.2 Å². The van der Waals surface area contributed by atoms with Gasteiger partial charge in [-0.3, -0.25) is 0 Å². The third-order valence-electron chi connectivity index (χ3n) is 0.971. The van der Waals surface area contributed by atoms with Crippen molar-refractivity contribution in [1.82, 2.24) is 4.90 Å². The second-order valence-corrected chi connectivity index (χ2v) is 2.31. The van der Waals surface area contributed by atoms with Gasteiger partial charge in [0, 0.05) is 6.54 Å². The minimum atomic E-state index is 0.754. The lowest BCUT2D eigenvalue weighted by molar-refractivity contribution is 0.456. The first-order valence-corrected chi connectivity index (χ1v) is 3.27. The van der Waals surface area contributed by atoms with Crippen molar-refractivity contribution < 1.29 is 0 Å². The van der Waals surface area contributed by atoms with E-state index in [-0.39, 0.29) is 0 Å². The molecule has 0 spiro atoms. The smallest absolute Gasteiger partial charge is 0.0157 e. The zero-order valence-corrected chi connectivity index (χ0v) is 6.30. The van der Waals surface area contributed by atoms with Gasteiger partial charge in [0.2, 0.25) is 0 Å². The molecule has 0 unspecified atom stereocenters. The summed E-state index contributed by atoms with van der Waals surface area (Å²) in [6, 6.07) is 0. The molecule has 2 heteroatoms. The van der Waals surface area contributed by atoms with Gasteiger partial charge >= 0.3 is 0 Å². The molecular weight excluding hydrogens is 112 g/mol. The SMILES string of the molecule is CN(C)C/C=C\CCN. The standard InChI is InChI=1S/C7H16N2/c1-9(2)7-5-3-4-6-8/h3,5H,4,6-8H2,1-2H3/b5-3-. The number of rotatable bonds is 4. The van der Waals surface area contributed by atoms with Crippen LogP contribution in [0.4, 0.5) is 0 Å². The van der Waals surface area contributed by atoms with Crippen LogP contribution in [-0.2, 0) is 0 Å². The summed E-state index contributed by atoms with van der Waals surface area (Å²) in [6.07, 6.45) is 5.24. The third-order valence-corrected chi connectivity index (χ3v) is 0.971. The van der Waals surface area contributed by atoms with Crippen LogP contribution in [0.2, 0.25) is 0 Å². The number of hydrogen-bond donors (Lipinski definition) is 1. The van der Waals surface area contributed by atoms with E-state index in [1.165, 1.54) is 0 Å². The van der Waals surface area contributed by atoms with E-state index in [2.05, 4.69) is 17.1 Å². The molecule has 0 aromatic carbocycles. The Kier molecular flexibility index (Phi) is 5.57. The lowest BCUT2D eigenvalue weighted by atomic mass is 10.4. The molecule has 0 saturated carbocycles. The molecule has 54 valence electrons. The molecule has 0 aromatic rings. The Morgan fingerprint density at radius 3 is 2.44 bits per heavy atom. The highest BCUT2D eigenvalue weighted by Crippen LogP contribution is 1.80. The molecule has 0 rings (SSSR count). The maximum Gasteiger partial charge on any atom is 0.0157 e. The molecule has 0 aliphatic rings. The van der Waals surface area contributed by atoms with Crippen LogP contribution >= 0.6 is 0 Å². The molecule has 2 nitrogen and oxygen atoms in total. The summed E-state index contributed by atoms with van der Waals surface area (Å²) in [7, 11) is 4.10. The molecule has 0 aliphatic heterocycles. The Hall–Kier alpha value is -0.340. The lowest BCUT2D eigenvalue weighted by Crippen LogP contribution is -2.10. The topological polar surface area (TPSA) is 29.3 Å². The van der Waals surface area contributed by atoms with Crippen molar-refractivity contribution in [1.29, 1.82) is 0 Å². The van der Waals surface area contributed by atoms with E-state index in [0.29, 0.717) is 0 Å². The van der Waals surface area contributed by atoms with Crippen LogP contribution in [0, 0.1) is 0 Å². The van der Waals surface area contributed by atoms with Gasteiger partial charge in [0.15, 0.2) is 0 Å². The van der Waals surface area contributed by atoms with E-state index in [4.69, 9.17) is 5.73 Å². The van der Waals surface area contributed by atoms with E-state index in [1.807, 2.05) is 14.1 Å². The predicted molar refractivity (Wildman–Crippen MR) is 41.4 cm³/mol. The molecule has 2 N–H and O–H groups in total. The van der Waals surface area contributed by atoms with Crippen molar-refractivity contribution >= 4 is 0 Å². The first kappa shape index (κ1) is 8.66. The first-order chi connectivity index (χ1) is 4.27. The number of hydrogen-bond acceptors (Lipinski definition) is 2. The summed E-state index contributed by atoms with van der Waals surface area (Å²) >= 11 is 0. The summed E-state index contributed by atoms with van der Waals surface area (Å²) in [4.78, 5) is 2.12. The summed E-state index contributed by atoms with van der Waals surface area (Å²) in [5.74, 6) is 0. The van der Waals surface area contributed by atoms with Crippen LogP contribution in [-0.4, -0.2) is 32.1 Å². The molecule has 0 radical (unpaired) electrons. The minimum Gasteiger partial charge on any atom is -0.330 e. The van der Waals surface area contributed by atoms with Crippen molar-refractivity contribution in [3.63, 3.8) is 0 Å². The van der Waals surface area contributed by atoms with Gasteiger partial charge in [0.05, 0.1) is 0 Å². The maximum atomic E-state index is 5.28. The van der Waals surface area contributed by atoms with Gasteiger partial charge in [-0.05, 0) is 27.1 Å². The van der Waals surface area contributed by atoms with Gasteiger partial charge in [-0.2, -0.15) is 0 Å². The van der Waals surface area contributed by atoms with Gasteiger partial charge in [-0.25, -0.2) is 0 Å². The molecule has 0 aromatic heterocycles. The molecule has 9 heavy (non-hydrogen) atoms. The largest absolute Gasteiger partial charge is 0.330 e. The maximum absolute atomic E-state index is 5.28. The summed E-state index contributed by atoms with van der Waals surface area (Å²) in [5.41, 5.74) is 5.28. The molecule has 0 aliphatic carbocycles. The minimum absolute atomic E-state index is 0.754. The van der Waals surface area contributed by atoms with Crippen LogP contribution < -0.4 is 5.73 Å². The highest BCUT2D eigenvalue weighted by molar-refractivity contribution is 4.83. The normalized spacial score (nSPS) is 11.6. The molecule has 0 saturated heterocycles. The molecule has 0 amide bonds. The van der Waals surface area contributed by atoms with Crippen molar-refractivity contribution in [3.8, 4) is 0 Å². The van der Waals surface area contributed by atoms with Crippen molar-refractivity contribution in [2.24, 2.45) is 5.73 Å². The highest BCUT2D eigenvalue weighted by atomic mass is 15.0. The van der Waals surface area contributed by atoms with E-state index in [1.54, 1.807) is 0 Å². The van der Waals surface area contributed by atoms with Gasteiger partial charge in [-0.15, -0.1) is 0 Å². The van der Waals surface area contributed by atoms with Crippen molar-refractivity contribution in [3.05, 3.63) is 12.2 Å². The van der Waals surface area contributed by atoms with Crippen LogP contribution in [0.5, 0.6) is 0 Å². The highest BCUT2D eigenvalue weighted by Gasteiger charge is 1.79. The van der Waals surface area contributed by atoms with Crippen LogP contribution in [0.15, 0.2) is 12.2 Å². The fourth-order valence-corrected chi connectivity index (χ4v) is 0.499. The quantitative estimate of drug-likeness (QED) is 0.557. The van der Waals surface area contributed by atoms with Gasteiger partial charge in [0.25, 0.3) is 0 Å².